The Hall–Kier alpha value is -0.810. The third-order valence-electron chi connectivity index (χ3n) is 2.81. The third-order valence-corrected chi connectivity index (χ3v) is 3.14. The smallest absolute Gasteiger partial charge is 0.120 e. The number of nitrogens with two attached hydrogens (primary N) is 1. The molecule has 1 heterocycles. The highest BCUT2D eigenvalue weighted by Crippen LogP contribution is 2.29. The molecule has 0 radical (unpaired) electrons. The summed E-state index contributed by atoms with van der Waals surface area (Å²) in [6.45, 7) is 1.70. The van der Waals surface area contributed by atoms with Crippen molar-refractivity contribution < 1.29 is 14.2 Å². The summed E-state index contributed by atoms with van der Waals surface area (Å²) in [5, 5.41) is 0.589. The summed E-state index contributed by atoms with van der Waals surface area (Å²) in [5.41, 5.74) is 6.98. The van der Waals surface area contributed by atoms with Gasteiger partial charge in [-0.15, -0.1) is 0 Å². The highest BCUT2D eigenvalue weighted by Gasteiger charge is 2.25. The summed E-state index contributed by atoms with van der Waals surface area (Å²) in [6.07, 6.45) is -0.144. The molecule has 0 amide bonds. The summed E-state index contributed by atoms with van der Waals surface area (Å²) >= 11 is 6.17. The lowest BCUT2D eigenvalue weighted by Crippen LogP contribution is -2.37. The van der Waals surface area contributed by atoms with Crippen molar-refractivity contribution in [3.05, 3.63) is 28.8 Å². The molecule has 1 aromatic rings. The van der Waals surface area contributed by atoms with Crippen LogP contribution < -0.4 is 10.5 Å². The molecule has 1 fully saturated rings. The molecule has 1 aliphatic rings. The quantitative estimate of drug-likeness (QED) is 0.897. The zero-order valence-electron chi connectivity index (χ0n) is 9.69. The number of hydrogen-bond acceptors (Lipinski definition) is 4. The molecule has 0 bridgehead atoms. The topological polar surface area (TPSA) is 53.7 Å². The first kappa shape index (κ1) is 12.6. The lowest BCUT2D eigenvalue weighted by Gasteiger charge is -2.28. The van der Waals surface area contributed by atoms with Crippen LogP contribution in [0, 0.1) is 0 Å². The predicted molar refractivity (Wildman–Crippen MR) is 65.5 cm³/mol. The number of rotatable bonds is 3. The van der Waals surface area contributed by atoms with Crippen LogP contribution in [0.25, 0.3) is 0 Å². The van der Waals surface area contributed by atoms with Gasteiger partial charge in [0.05, 0.1) is 33.0 Å². The Bertz CT molecular complexity index is 380. The molecule has 1 saturated heterocycles. The minimum Gasteiger partial charge on any atom is -0.497 e. The van der Waals surface area contributed by atoms with Gasteiger partial charge in [0.2, 0.25) is 0 Å². The van der Waals surface area contributed by atoms with Gasteiger partial charge in [-0.05, 0) is 17.7 Å². The van der Waals surface area contributed by atoms with Crippen molar-refractivity contribution in [2.75, 3.05) is 26.9 Å². The van der Waals surface area contributed by atoms with Crippen LogP contribution in [0.1, 0.15) is 11.6 Å². The van der Waals surface area contributed by atoms with Crippen molar-refractivity contribution in [1.82, 2.24) is 0 Å². The van der Waals surface area contributed by atoms with Crippen LogP contribution in [-0.2, 0) is 9.47 Å². The Labute approximate surface area is 106 Å². The van der Waals surface area contributed by atoms with Gasteiger partial charge in [0.1, 0.15) is 11.9 Å². The van der Waals surface area contributed by atoms with Gasteiger partial charge in [0, 0.05) is 5.02 Å². The van der Waals surface area contributed by atoms with E-state index in [-0.39, 0.29) is 12.1 Å². The monoisotopic (exact) mass is 257 g/mol. The number of methoxy groups -OCH3 is 1. The zero-order chi connectivity index (χ0) is 12.3. The maximum Gasteiger partial charge on any atom is 0.120 e. The molecule has 2 atom stereocenters. The first-order valence-corrected chi connectivity index (χ1v) is 5.88. The minimum absolute atomic E-state index is 0.144. The van der Waals surface area contributed by atoms with Crippen molar-refractivity contribution in [2.24, 2.45) is 5.73 Å². The van der Waals surface area contributed by atoms with E-state index in [4.69, 9.17) is 31.5 Å². The molecule has 0 spiro atoms. The Morgan fingerprint density at radius 1 is 1.47 bits per heavy atom. The largest absolute Gasteiger partial charge is 0.497 e. The van der Waals surface area contributed by atoms with E-state index in [0.29, 0.717) is 30.6 Å². The first-order chi connectivity index (χ1) is 8.22. The zero-order valence-corrected chi connectivity index (χ0v) is 10.4. The van der Waals surface area contributed by atoms with Crippen LogP contribution in [0.3, 0.4) is 0 Å². The molecular weight excluding hydrogens is 242 g/mol. The normalized spacial score (nSPS) is 22.2. The molecule has 4 nitrogen and oxygen atoms in total. The standard InChI is InChI=1S/C12H16ClNO3/c1-15-8-2-3-9(10(13)6-8)12(14)11-7-16-4-5-17-11/h2-3,6,11-12H,4-5,7,14H2,1H3. The number of hydrogen-bond donors (Lipinski definition) is 1. The van der Waals surface area contributed by atoms with Gasteiger partial charge in [-0.1, -0.05) is 17.7 Å². The average molecular weight is 258 g/mol. The van der Waals surface area contributed by atoms with E-state index in [9.17, 15) is 0 Å². The highest BCUT2D eigenvalue weighted by atomic mass is 35.5. The number of ether oxygens (including phenoxy) is 3. The Morgan fingerprint density at radius 2 is 2.29 bits per heavy atom. The highest BCUT2D eigenvalue weighted by molar-refractivity contribution is 6.31. The Morgan fingerprint density at radius 3 is 2.88 bits per heavy atom. The fourth-order valence-electron chi connectivity index (χ4n) is 1.82. The number of benzene rings is 1. The second kappa shape index (κ2) is 5.69. The van der Waals surface area contributed by atoms with E-state index in [1.54, 1.807) is 13.2 Å². The van der Waals surface area contributed by atoms with Gasteiger partial charge >= 0.3 is 0 Å². The van der Waals surface area contributed by atoms with Crippen molar-refractivity contribution in [3.63, 3.8) is 0 Å². The van der Waals surface area contributed by atoms with Crippen LogP contribution in [0.2, 0.25) is 5.02 Å². The van der Waals surface area contributed by atoms with E-state index in [1.165, 1.54) is 0 Å². The average Bonchev–Trinajstić information content (AvgIpc) is 2.39. The summed E-state index contributed by atoms with van der Waals surface area (Å²) < 4.78 is 16.0. The van der Waals surface area contributed by atoms with E-state index < -0.39 is 0 Å². The molecule has 17 heavy (non-hydrogen) atoms. The molecule has 1 aromatic carbocycles. The van der Waals surface area contributed by atoms with E-state index in [0.717, 1.165) is 5.56 Å². The second-order valence-electron chi connectivity index (χ2n) is 3.90. The first-order valence-electron chi connectivity index (χ1n) is 5.50. The maximum atomic E-state index is 6.17. The van der Waals surface area contributed by atoms with E-state index >= 15 is 0 Å². The van der Waals surface area contributed by atoms with Crippen LogP contribution in [0.15, 0.2) is 18.2 Å². The third kappa shape index (κ3) is 2.90. The van der Waals surface area contributed by atoms with Crippen molar-refractivity contribution in [3.8, 4) is 5.75 Å². The predicted octanol–water partition coefficient (Wildman–Crippen LogP) is 1.76. The van der Waals surface area contributed by atoms with Gasteiger partial charge < -0.3 is 19.9 Å². The fourth-order valence-corrected chi connectivity index (χ4v) is 2.12. The lowest BCUT2D eigenvalue weighted by molar-refractivity contribution is -0.0975. The molecule has 2 unspecified atom stereocenters. The molecule has 1 aliphatic heterocycles. The SMILES string of the molecule is COc1ccc(C(N)C2COCCO2)c(Cl)c1. The molecule has 0 aliphatic carbocycles. The molecular formula is C12H16ClNO3. The maximum absolute atomic E-state index is 6.17. The molecule has 94 valence electrons. The van der Waals surface area contributed by atoms with Crippen LogP contribution >= 0.6 is 11.6 Å². The lowest BCUT2D eigenvalue weighted by atomic mass is 10.0. The Kier molecular flexibility index (Phi) is 4.23. The van der Waals surface area contributed by atoms with Gasteiger partial charge in [-0.3, -0.25) is 0 Å². The number of halogens is 1. The van der Waals surface area contributed by atoms with Gasteiger partial charge in [-0.25, -0.2) is 0 Å². The summed E-state index contributed by atoms with van der Waals surface area (Å²) in [7, 11) is 1.60. The van der Waals surface area contributed by atoms with E-state index in [2.05, 4.69) is 0 Å². The molecule has 2 N–H and O–H groups in total. The van der Waals surface area contributed by atoms with Crippen LogP contribution in [0.5, 0.6) is 5.75 Å². The molecule has 0 saturated carbocycles. The Balaban J connectivity index is 2.15. The van der Waals surface area contributed by atoms with E-state index in [1.807, 2.05) is 12.1 Å². The molecule has 5 heteroatoms. The fraction of sp³-hybridized carbons (Fsp3) is 0.500. The van der Waals surface area contributed by atoms with Crippen LogP contribution in [-0.4, -0.2) is 33.0 Å². The van der Waals surface area contributed by atoms with Crippen molar-refractivity contribution >= 4 is 11.6 Å². The second-order valence-corrected chi connectivity index (χ2v) is 4.30. The van der Waals surface area contributed by atoms with Gasteiger partial charge in [0.15, 0.2) is 0 Å². The van der Waals surface area contributed by atoms with Gasteiger partial charge in [-0.2, -0.15) is 0 Å². The van der Waals surface area contributed by atoms with Crippen molar-refractivity contribution in [1.29, 1.82) is 0 Å². The summed E-state index contributed by atoms with van der Waals surface area (Å²) in [4.78, 5) is 0. The van der Waals surface area contributed by atoms with Gasteiger partial charge in [0.25, 0.3) is 0 Å². The summed E-state index contributed by atoms with van der Waals surface area (Å²) in [5.74, 6) is 0.715. The van der Waals surface area contributed by atoms with Crippen molar-refractivity contribution in [2.45, 2.75) is 12.1 Å². The molecule has 0 aromatic heterocycles. The molecule has 2 rings (SSSR count). The van der Waals surface area contributed by atoms with Crippen LogP contribution in [0.4, 0.5) is 0 Å². The summed E-state index contributed by atoms with van der Waals surface area (Å²) in [6, 6.07) is 5.17. The minimum atomic E-state index is -0.284.